The fourth-order valence-corrected chi connectivity index (χ4v) is 3.66. The van der Waals surface area contributed by atoms with Crippen LogP contribution >= 0.6 is 15.9 Å². The van der Waals surface area contributed by atoms with Crippen LogP contribution in [0.3, 0.4) is 0 Å². The van der Waals surface area contributed by atoms with Crippen molar-refractivity contribution in [3.63, 3.8) is 0 Å². The van der Waals surface area contributed by atoms with Gasteiger partial charge < -0.3 is 4.74 Å². The molecule has 1 aliphatic heterocycles. The minimum Gasteiger partial charge on any atom is -0.371 e. The van der Waals surface area contributed by atoms with E-state index >= 15 is 0 Å². The van der Waals surface area contributed by atoms with Crippen LogP contribution in [0, 0.1) is 11.8 Å². The summed E-state index contributed by atoms with van der Waals surface area (Å²) in [6.45, 7) is 4.72. The van der Waals surface area contributed by atoms with E-state index in [9.17, 15) is 0 Å². The molecular weight excluding hydrogens is 252 g/mol. The highest BCUT2D eigenvalue weighted by Crippen LogP contribution is 2.45. The lowest BCUT2D eigenvalue weighted by molar-refractivity contribution is -0.0666. The molecule has 2 fully saturated rings. The first-order chi connectivity index (χ1) is 7.15. The molecule has 1 heterocycles. The van der Waals surface area contributed by atoms with Crippen molar-refractivity contribution < 1.29 is 4.74 Å². The molecule has 88 valence electrons. The molecule has 1 saturated carbocycles. The zero-order valence-corrected chi connectivity index (χ0v) is 11.6. The van der Waals surface area contributed by atoms with E-state index in [-0.39, 0.29) is 5.60 Å². The van der Waals surface area contributed by atoms with Crippen molar-refractivity contribution >= 4 is 15.9 Å². The first-order valence-electron chi connectivity index (χ1n) is 6.39. The Balaban J connectivity index is 1.87. The molecule has 0 aromatic carbocycles. The van der Waals surface area contributed by atoms with Gasteiger partial charge in [-0.05, 0) is 50.4 Å². The van der Waals surface area contributed by atoms with Gasteiger partial charge in [0.05, 0.1) is 11.7 Å². The Morgan fingerprint density at radius 1 is 1.20 bits per heavy atom. The topological polar surface area (TPSA) is 9.23 Å². The molecule has 1 saturated heterocycles. The highest BCUT2D eigenvalue weighted by Gasteiger charge is 2.42. The Morgan fingerprint density at radius 3 is 2.27 bits per heavy atom. The average molecular weight is 275 g/mol. The predicted molar refractivity (Wildman–Crippen MR) is 67.4 cm³/mol. The second-order valence-electron chi connectivity index (χ2n) is 5.70. The zero-order chi connectivity index (χ0) is 10.9. The smallest absolute Gasteiger partial charge is 0.0687 e. The highest BCUT2D eigenvalue weighted by molar-refractivity contribution is 9.09. The van der Waals surface area contributed by atoms with E-state index < -0.39 is 0 Å². The molecule has 0 N–H and O–H groups in total. The van der Waals surface area contributed by atoms with Crippen LogP contribution in [0.1, 0.15) is 52.4 Å². The summed E-state index contributed by atoms with van der Waals surface area (Å²) in [4.78, 5) is 0. The van der Waals surface area contributed by atoms with Gasteiger partial charge in [0.25, 0.3) is 0 Å². The molecule has 15 heavy (non-hydrogen) atoms. The van der Waals surface area contributed by atoms with Gasteiger partial charge in [-0.15, -0.1) is 0 Å². The molecule has 2 rings (SSSR count). The number of halogens is 1. The summed E-state index contributed by atoms with van der Waals surface area (Å²) in [5.41, 5.74) is 0.282. The van der Waals surface area contributed by atoms with E-state index in [1.54, 1.807) is 0 Å². The quantitative estimate of drug-likeness (QED) is 0.688. The van der Waals surface area contributed by atoms with Crippen LogP contribution in [0.4, 0.5) is 0 Å². The Morgan fingerprint density at radius 2 is 1.80 bits per heavy atom. The SMILES string of the molecule is CC(C)C1CCC2(CCC(CBr)O2)CC1. The van der Waals surface area contributed by atoms with E-state index in [1.807, 2.05) is 0 Å². The maximum Gasteiger partial charge on any atom is 0.0687 e. The van der Waals surface area contributed by atoms with Crippen molar-refractivity contribution in [3.8, 4) is 0 Å². The summed E-state index contributed by atoms with van der Waals surface area (Å²) in [5.74, 6) is 1.80. The average Bonchev–Trinajstić information content (AvgIpc) is 2.62. The first-order valence-corrected chi connectivity index (χ1v) is 7.51. The number of ether oxygens (including phenoxy) is 1. The van der Waals surface area contributed by atoms with Gasteiger partial charge in [-0.25, -0.2) is 0 Å². The number of alkyl halides is 1. The van der Waals surface area contributed by atoms with Crippen molar-refractivity contribution in [2.45, 2.75) is 64.1 Å². The minimum atomic E-state index is 0.282. The second kappa shape index (κ2) is 4.75. The summed E-state index contributed by atoms with van der Waals surface area (Å²) in [7, 11) is 0. The molecule has 1 aliphatic carbocycles. The second-order valence-corrected chi connectivity index (χ2v) is 6.34. The van der Waals surface area contributed by atoms with Crippen molar-refractivity contribution in [3.05, 3.63) is 0 Å². The minimum absolute atomic E-state index is 0.282. The molecule has 0 aromatic rings. The van der Waals surface area contributed by atoms with Crippen LogP contribution < -0.4 is 0 Å². The number of hydrogen-bond acceptors (Lipinski definition) is 1. The summed E-state index contributed by atoms with van der Waals surface area (Å²) >= 11 is 3.54. The van der Waals surface area contributed by atoms with Gasteiger partial charge in [0.1, 0.15) is 0 Å². The molecule has 1 unspecified atom stereocenters. The molecule has 0 amide bonds. The Hall–Kier alpha value is 0.440. The van der Waals surface area contributed by atoms with Crippen LogP contribution in [0.25, 0.3) is 0 Å². The zero-order valence-electron chi connectivity index (χ0n) is 9.97. The molecule has 2 heteroatoms. The van der Waals surface area contributed by atoms with Gasteiger partial charge in [-0.2, -0.15) is 0 Å². The van der Waals surface area contributed by atoms with Crippen LogP contribution in [-0.4, -0.2) is 17.0 Å². The van der Waals surface area contributed by atoms with E-state index in [4.69, 9.17) is 4.74 Å². The van der Waals surface area contributed by atoms with E-state index in [0.29, 0.717) is 6.10 Å². The molecule has 1 atom stereocenters. The van der Waals surface area contributed by atoms with Gasteiger partial charge in [0.2, 0.25) is 0 Å². The van der Waals surface area contributed by atoms with Crippen LogP contribution in [-0.2, 0) is 4.74 Å². The number of hydrogen-bond donors (Lipinski definition) is 0. The maximum atomic E-state index is 6.22. The number of rotatable bonds is 2. The normalized spacial score (nSPS) is 41.6. The van der Waals surface area contributed by atoms with E-state index in [2.05, 4.69) is 29.8 Å². The van der Waals surface area contributed by atoms with Crippen molar-refractivity contribution in [2.75, 3.05) is 5.33 Å². The standard InChI is InChI=1S/C13H23BrO/c1-10(2)11-3-6-13(7-4-11)8-5-12(9-14)15-13/h10-12H,3-9H2,1-2H3. The third-order valence-electron chi connectivity index (χ3n) is 4.39. The Bertz CT molecular complexity index is 207. The summed E-state index contributed by atoms with van der Waals surface area (Å²) in [6, 6.07) is 0. The summed E-state index contributed by atoms with van der Waals surface area (Å²) in [6.07, 6.45) is 8.42. The lowest BCUT2D eigenvalue weighted by atomic mass is 9.73. The van der Waals surface area contributed by atoms with E-state index in [1.165, 1.54) is 38.5 Å². The first kappa shape index (κ1) is 11.9. The molecule has 1 spiro atoms. The van der Waals surface area contributed by atoms with Crippen molar-refractivity contribution in [2.24, 2.45) is 11.8 Å². The van der Waals surface area contributed by atoms with Crippen molar-refractivity contribution in [1.82, 2.24) is 0 Å². The molecule has 0 bridgehead atoms. The molecular formula is C13H23BrO. The van der Waals surface area contributed by atoms with Crippen LogP contribution in [0.2, 0.25) is 0 Å². The predicted octanol–water partition coefficient (Wildman–Crippen LogP) is 4.15. The Kier molecular flexibility index (Phi) is 3.77. The van der Waals surface area contributed by atoms with E-state index in [0.717, 1.165) is 17.2 Å². The van der Waals surface area contributed by atoms with Gasteiger partial charge in [-0.3, -0.25) is 0 Å². The van der Waals surface area contributed by atoms with Crippen LogP contribution in [0.15, 0.2) is 0 Å². The third kappa shape index (κ3) is 2.58. The largest absolute Gasteiger partial charge is 0.371 e. The summed E-state index contributed by atoms with van der Waals surface area (Å²) in [5, 5.41) is 1.02. The van der Waals surface area contributed by atoms with Crippen molar-refractivity contribution in [1.29, 1.82) is 0 Å². The molecule has 1 nitrogen and oxygen atoms in total. The van der Waals surface area contributed by atoms with Gasteiger partial charge in [0, 0.05) is 5.33 Å². The van der Waals surface area contributed by atoms with Gasteiger partial charge in [0.15, 0.2) is 0 Å². The maximum absolute atomic E-state index is 6.22. The molecule has 0 radical (unpaired) electrons. The lowest BCUT2D eigenvalue weighted by Gasteiger charge is -2.38. The van der Waals surface area contributed by atoms with Gasteiger partial charge >= 0.3 is 0 Å². The fourth-order valence-electron chi connectivity index (χ4n) is 3.20. The Labute approximate surface area is 102 Å². The third-order valence-corrected chi connectivity index (χ3v) is 5.12. The fraction of sp³-hybridized carbons (Fsp3) is 1.00. The molecule has 0 aromatic heterocycles. The monoisotopic (exact) mass is 274 g/mol. The summed E-state index contributed by atoms with van der Waals surface area (Å²) < 4.78 is 6.22. The lowest BCUT2D eigenvalue weighted by Crippen LogP contribution is -2.35. The molecule has 2 aliphatic rings. The van der Waals surface area contributed by atoms with Gasteiger partial charge in [-0.1, -0.05) is 29.8 Å². The van der Waals surface area contributed by atoms with Crippen LogP contribution in [0.5, 0.6) is 0 Å². The highest BCUT2D eigenvalue weighted by atomic mass is 79.9.